The quantitative estimate of drug-likeness (QED) is 0.895. The van der Waals surface area contributed by atoms with E-state index in [1.165, 1.54) is 16.6 Å². The smallest absolute Gasteiger partial charge is 0.260 e. The van der Waals surface area contributed by atoms with Gasteiger partial charge in [0.2, 0.25) is 0 Å². The van der Waals surface area contributed by atoms with Gasteiger partial charge in [0.25, 0.3) is 10.0 Å². The Morgan fingerprint density at radius 1 is 1.33 bits per heavy atom. The van der Waals surface area contributed by atoms with Crippen LogP contribution in [-0.4, -0.2) is 36.4 Å². The summed E-state index contributed by atoms with van der Waals surface area (Å²) in [7, 11) is -2.01. The van der Waals surface area contributed by atoms with Gasteiger partial charge in [-0.3, -0.25) is 0 Å². The molecular formula is C12H20N2O3S. The van der Waals surface area contributed by atoms with Gasteiger partial charge in [0.15, 0.2) is 5.03 Å². The van der Waals surface area contributed by atoms with E-state index in [0.29, 0.717) is 12.1 Å². The minimum Gasteiger partial charge on any atom is -0.392 e. The van der Waals surface area contributed by atoms with Crippen LogP contribution < -0.4 is 0 Å². The number of pyridine rings is 1. The van der Waals surface area contributed by atoms with Gasteiger partial charge in [-0.1, -0.05) is 26.8 Å². The maximum atomic E-state index is 12.2. The number of sulfonamides is 1. The summed E-state index contributed by atoms with van der Waals surface area (Å²) in [6.07, 6.45) is 1.37. The fraction of sp³-hybridized carbons (Fsp3) is 0.583. The van der Waals surface area contributed by atoms with Crippen molar-refractivity contribution in [2.24, 2.45) is 5.41 Å². The van der Waals surface area contributed by atoms with Crippen LogP contribution in [0.25, 0.3) is 0 Å². The molecule has 0 unspecified atom stereocenters. The summed E-state index contributed by atoms with van der Waals surface area (Å²) < 4.78 is 25.7. The molecule has 0 aromatic carbocycles. The van der Waals surface area contributed by atoms with Crippen LogP contribution in [0.5, 0.6) is 0 Å². The third kappa shape index (κ3) is 3.76. The SMILES string of the molecule is CN(CC(C)(C)C)S(=O)(=O)c1ccc(CO)cn1. The Morgan fingerprint density at radius 2 is 1.94 bits per heavy atom. The summed E-state index contributed by atoms with van der Waals surface area (Å²) in [5.74, 6) is 0. The fourth-order valence-electron chi connectivity index (χ4n) is 1.57. The van der Waals surface area contributed by atoms with E-state index in [4.69, 9.17) is 5.11 Å². The minimum absolute atomic E-state index is 0.00597. The molecule has 18 heavy (non-hydrogen) atoms. The first-order valence-electron chi connectivity index (χ1n) is 5.69. The molecule has 0 fully saturated rings. The van der Waals surface area contributed by atoms with Gasteiger partial charge in [0.05, 0.1) is 6.61 Å². The maximum Gasteiger partial charge on any atom is 0.260 e. The zero-order valence-corrected chi connectivity index (χ0v) is 12.0. The number of hydrogen-bond acceptors (Lipinski definition) is 4. The molecule has 0 saturated heterocycles. The van der Waals surface area contributed by atoms with Crippen molar-refractivity contribution < 1.29 is 13.5 Å². The lowest BCUT2D eigenvalue weighted by molar-refractivity contribution is 0.281. The van der Waals surface area contributed by atoms with Crippen LogP contribution >= 0.6 is 0 Å². The highest BCUT2D eigenvalue weighted by molar-refractivity contribution is 7.89. The number of aliphatic hydroxyl groups is 1. The number of aromatic nitrogens is 1. The monoisotopic (exact) mass is 272 g/mol. The average Bonchev–Trinajstić information content (AvgIpc) is 2.27. The van der Waals surface area contributed by atoms with Crippen LogP contribution in [0, 0.1) is 5.41 Å². The highest BCUT2D eigenvalue weighted by Gasteiger charge is 2.26. The molecule has 0 aliphatic carbocycles. The van der Waals surface area contributed by atoms with Crippen LogP contribution in [0.3, 0.4) is 0 Å². The lowest BCUT2D eigenvalue weighted by atomic mass is 9.97. The molecule has 0 bridgehead atoms. The van der Waals surface area contributed by atoms with Gasteiger partial charge in [0.1, 0.15) is 0 Å². The van der Waals surface area contributed by atoms with E-state index in [1.54, 1.807) is 13.1 Å². The first-order valence-corrected chi connectivity index (χ1v) is 7.13. The number of aliphatic hydroxyl groups excluding tert-OH is 1. The van der Waals surface area contributed by atoms with Crippen LogP contribution in [0.1, 0.15) is 26.3 Å². The van der Waals surface area contributed by atoms with Crippen LogP contribution in [0.4, 0.5) is 0 Å². The number of nitrogens with zero attached hydrogens (tertiary/aromatic N) is 2. The van der Waals surface area contributed by atoms with E-state index < -0.39 is 10.0 Å². The fourth-order valence-corrected chi connectivity index (χ4v) is 2.87. The molecule has 1 aromatic rings. The Kier molecular flexibility index (Phi) is 4.47. The summed E-state index contributed by atoms with van der Waals surface area (Å²) in [4.78, 5) is 3.88. The van der Waals surface area contributed by atoms with Crippen molar-refractivity contribution in [1.82, 2.24) is 9.29 Å². The van der Waals surface area contributed by atoms with Crippen molar-refractivity contribution >= 4 is 10.0 Å². The lowest BCUT2D eigenvalue weighted by Crippen LogP contribution is -2.34. The van der Waals surface area contributed by atoms with Gasteiger partial charge in [-0.15, -0.1) is 0 Å². The number of hydrogen-bond donors (Lipinski definition) is 1. The second-order valence-electron chi connectivity index (χ2n) is 5.48. The Labute approximate surface area is 109 Å². The molecular weight excluding hydrogens is 252 g/mol. The molecule has 1 rings (SSSR count). The van der Waals surface area contributed by atoms with Gasteiger partial charge >= 0.3 is 0 Å². The van der Waals surface area contributed by atoms with Crippen molar-refractivity contribution in [2.45, 2.75) is 32.4 Å². The molecule has 102 valence electrons. The van der Waals surface area contributed by atoms with E-state index in [2.05, 4.69) is 4.98 Å². The van der Waals surface area contributed by atoms with E-state index in [1.807, 2.05) is 20.8 Å². The normalized spacial score (nSPS) is 13.0. The van der Waals surface area contributed by atoms with Crippen molar-refractivity contribution in [3.63, 3.8) is 0 Å². The molecule has 0 amide bonds. The summed E-state index contributed by atoms with van der Waals surface area (Å²) in [6, 6.07) is 2.98. The molecule has 0 aliphatic rings. The van der Waals surface area contributed by atoms with Gasteiger partial charge in [0, 0.05) is 19.8 Å². The first-order chi connectivity index (χ1) is 8.16. The first kappa shape index (κ1) is 15.1. The highest BCUT2D eigenvalue weighted by atomic mass is 32.2. The lowest BCUT2D eigenvalue weighted by Gasteiger charge is -2.25. The molecule has 1 aromatic heterocycles. The van der Waals surface area contributed by atoms with Gasteiger partial charge < -0.3 is 5.11 Å². The van der Waals surface area contributed by atoms with Crippen molar-refractivity contribution in [1.29, 1.82) is 0 Å². The average molecular weight is 272 g/mol. The van der Waals surface area contributed by atoms with Gasteiger partial charge in [-0.25, -0.2) is 13.4 Å². The molecule has 0 radical (unpaired) electrons. The zero-order chi connectivity index (χ0) is 14.0. The largest absolute Gasteiger partial charge is 0.392 e. The molecule has 0 spiro atoms. The Hall–Kier alpha value is -0.980. The predicted octanol–water partition coefficient (Wildman–Crippen LogP) is 1.24. The summed E-state index contributed by atoms with van der Waals surface area (Å²) >= 11 is 0. The van der Waals surface area contributed by atoms with Crippen molar-refractivity contribution in [3.05, 3.63) is 23.9 Å². The van der Waals surface area contributed by atoms with Gasteiger partial charge in [-0.05, 0) is 17.0 Å². The topological polar surface area (TPSA) is 70.5 Å². The molecule has 0 aliphatic heterocycles. The summed E-state index contributed by atoms with van der Waals surface area (Å²) in [5, 5.41) is 8.90. The second kappa shape index (κ2) is 5.34. The Morgan fingerprint density at radius 3 is 2.33 bits per heavy atom. The van der Waals surface area contributed by atoms with Gasteiger partial charge in [-0.2, -0.15) is 4.31 Å². The molecule has 1 N–H and O–H groups in total. The third-order valence-electron chi connectivity index (χ3n) is 2.35. The van der Waals surface area contributed by atoms with E-state index >= 15 is 0 Å². The highest BCUT2D eigenvalue weighted by Crippen LogP contribution is 2.19. The predicted molar refractivity (Wildman–Crippen MR) is 69.4 cm³/mol. The zero-order valence-electron chi connectivity index (χ0n) is 11.2. The van der Waals surface area contributed by atoms with Crippen molar-refractivity contribution in [2.75, 3.05) is 13.6 Å². The van der Waals surface area contributed by atoms with E-state index in [9.17, 15) is 8.42 Å². The second-order valence-corrected chi connectivity index (χ2v) is 7.48. The van der Waals surface area contributed by atoms with E-state index in [0.717, 1.165) is 0 Å². The number of rotatable bonds is 4. The molecule has 0 saturated carbocycles. The van der Waals surface area contributed by atoms with E-state index in [-0.39, 0.29) is 17.0 Å². The molecule has 6 heteroatoms. The summed E-state index contributed by atoms with van der Waals surface area (Å²) in [6.45, 7) is 6.19. The Bertz CT molecular complexity index is 489. The third-order valence-corrected chi connectivity index (χ3v) is 4.07. The van der Waals surface area contributed by atoms with Crippen LogP contribution in [0.15, 0.2) is 23.4 Å². The minimum atomic E-state index is -3.56. The standard InChI is InChI=1S/C12H20N2O3S/c1-12(2,3)9-14(4)18(16,17)11-6-5-10(8-15)7-13-11/h5-7,15H,8-9H2,1-4H3. The Balaban J connectivity index is 2.98. The molecule has 0 atom stereocenters. The summed E-state index contributed by atoms with van der Waals surface area (Å²) in [5.41, 5.74) is 0.472. The van der Waals surface area contributed by atoms with Crippen LogP contribution in [0.2, 0.25) is 0 Å². The van der Waals surface area contributed by atoms with Crippen LogP contribution in [-0.2, 0) is 16.6 Å². The maximum absolute atomic E-state index is 12.2. The molecule has 5 nitrogen and oxygen atoms in total. The van der Waals surface area contributed by atoms with Crippen molar-refractivity contribution in [3.8, 4) is 0 Å². The molecule has 1 heterocycles.